The summed E-state index contributed by atoms with van der Waals surface area (Å²) in [6.45, 7) is 3.36. The first-order chi connectivity index (χ1) is 7.47. The lowest BCUT2D eigenvalue weighted by Crippen LogP contribution is -2.08. The van der Waals surface area contributed by atoms with Crippen LogP contribution < -0.4 is 0 Å². The fraction of sp³-hybridized carbons (Fsp3) is 0.455. The molecule has 0 spiro atoms. The van der Waals surface area contributed by atoms with Crippen molar-refractivity contribution in [2.75, 3.05) is 13.2 Å². The molecule has 0 aliphatic rings. The average molecular weight is 243 g/mol. The topological polar surface area (TPSA) is 63.3 Å². The minimum absolute atomic E-state index is 0.0568. The third-order valence-electron chi connectivity index (χ3n) is 2.29. The first-order valence-corrected chi connectivity index (χ1v) is 6.43. The average Bonchev–Trinajstić information content (AvgIpc) is 2.22. The van der Waals surface area contributed by atoms with Crippen LogP contribution in [0.2, 0.25) is 0 Å². The highest BCUT2D eigenvalue weighted by Crippen LogP contribution is 2.16. The third kappa shape index (κ3) is 3.30. The summed E-state index contributed by atoms with van der Waals surface area (Å²) in [4.78, 5) is 0.140. The van der Waals surface area contributed by atoms with Crippen LogP contribution in [0.3, 0.4) is 0 Å². The van der Waals surface area contributed by atoms with Gasteiger partial charge in [-0.05, 0) is 43.5 Å². The Morgan fingerprint density at radius 1 is 1.19 bits per heavy atom. The molecular weight excluding hydrogens is 228 g/mol. The number of hydrogen-bond acceptors (Lipinski definition) is 3. The summed E-state index contributed by atoms with van der Waals surface area (Å²) >= 11 is 0. The molecular formula is C11H15O4S. The molecule has 1 radical (unpaired) electrons. The summed E-state index contributed by atoms with van der Waals surface area (Å²) in [7, 11) is -3.71. The fourth-order valence-corrected chi connectivity index (χ4v) is 2.19. The van der Waals surface area contributed by atoms with Crippen LogP contribution in [-0.4, -0.2) is 21.6 Å². The molecule has 0 bridgehead atoms. The van der Waals surface area contributed by atoms with Crippen molar-refractivity contribution >= 4 is 10.1 Å². The Morgan fingerprint density at radius 2 is 1.88 bits per heavy atom. The Balaban J connectivity index is 2.86. The third-order valence-corrected chi connectivity index (χ3v) is 3.60. The van der Waals surface area contributed by atoms with Gasteiger partial charge in [-0.3, -0.25) is 4.18 Å². The molecule has 89 valence electrons. The zero-order chi connectivity index (χ0) is 12.2. The second-order valence-electron chi connectivity index (χ2n) is 3.58. The van der Waals surface area contributed by atoms with Gasteiger partial charge in [-0.25, -0.2) is 5.11 Å². The Labute approximate surface area is 96.0 Å². The molecule has 0 fully saturated rings. The van der Waals surface area contributed by atoms with Gasteiger partial charge in [-0.1, -0.05) is 6.07 Å². The molecule has 0 aliphatic heterocycles. The van der Waals surface area contributed by atoms with E-state index in [0.717, 1.165) is 11.1 Å². The summed E-state index contributed by atoms with van der Waals surface area (Å²) in [5.41, 5.74) is 1.92. The van der Waals surface area contributed by atoms with Crippen LogP contribution >= 0.6 is 0 Å². The SMILES string of the molecule is Cc1ccc(S(=O)(=O)OCCC[O])cc1C. The molecule has 0 saturated heterocycles. The predicted octanol–water partition coefficient (Wildman–Crippen LogP) is 1.83. The van der Waals surface area contributed by atoms with Crippen molar-refractivity contribution in [1.82, 2.24) is 0 Å². The van der Waals surface area contributed by atoms with Gasteiger partial charge in [0.15, 0.2) is 0 Å². The first-order valence-electron chi connectivity index (χ1n) is 5.02. The molecule has 4 nitrogen and oxygen atoms in total. The van der Waals surface area contributed by atoms with Gasteiger partial charge in [-0.2, -0.15) is 8.42 Å². The van der Waals surface area contributed by atoms with Crippen LogP contribution in [0.4, 0.5) is 0 Å². The van der Waals surface area contributed by atoms with Crippen LogP contribution in [-0.2, 0) is 19.4 Å². The lowest BCUT2D eigenvalue weighted by atomic mass is 10.1. The van der Waals surface area contributed by atoms with E-state index in [2.05, 4.69) is 0 Å². The van der Waals surface area contributed by atoms with Crippen LogP contribution in [0.1, 0.15) is 17.5 Å². The summed E-state index contributed by atoms with van der Waals surface area (Å²) in [6.07, 6.45) is 0.198. The molecule has 0 aliphatic carbocycles. The number of rotatable bonds is 5. The monoisotopic (exact) mass is 243 g/mol. The van der Waals surface area contributed by atoms with Gasteiger partial charge in [-0.15, -0.1) is 0 Å². The van der Waals surface area contributed by atoms with E-state index >= 15 is 0 Å². The molecule has 1 aromatic carbocycles. The van der Waals surface area contributed by atoms with Gasteiger partial charge in [0, 0.05) is 0 Å². The fourth-order valence-electron chi connectivity index (χ4n) is 1.17. The zero-order valence-corrected chi connectivity index (χ0v) is 10.2. The summed E-state index contributed by atoms with van der Waals surface area (Å²) < 4.78 is 28.0. The molecule has 0 unspecified atom stereocenters. The maximum Gasteiger partial charge on any atom is 0.296 e. The van der Waals surface area contributed by atoms with Crippen LogP contribution in [0.5, 0.6) is 0 Å². The molecule has 0 amide bonds. The standard InChI is InChI=1S/C11H15O4S/c1-9-4-5-11(8-10(9)2)16(13,14)15-7-3-6-12/h4-5,8H,3,6-7H2,1-2H3. The van der Waals surface area contributed by atoms with Gasteiger partial charge in [0.2, 0.25) is 0 Å². The molecule has 0 aromatic heterocycles. The minimum Gasteiger partial charge on any atom is -0.266 e. The van der Waals surface area contributed by atoms with Gasteiger partial charge in [0.05, 0.1) is 18.1 Å². The minimum atomic E-state index is -3.71. The predicted molar refractivity (Wildman–Crippen MR) is 59.2 cm³/mol. The Morgan fingerprint density at radius 3 is 2.44 bits per heavy atom. The first kappa shape index (κ1) is 13.2. The molecule has 0 atom stereocenters. The van der Waals surface area contributed by atoms with Crippen molar-refractivity contribution in [3.05, 3.63) is 29.3 Å². The van der Waals surface area contributed by atoms with E-state index in [9.17, 15) is 13.5 Å². The quantitative estimate of drug-likeness (QED) is 0.585. The summed E-state index contributed by atoms with van der Waals surface area (Å²) in [5, 5.41) is 10.2. The molecule has 16 heavy (non-hydrogen) atoms. The lowest BCUT2D eigenvalue weighted by Gasteiger charge is -2.06. The normalized spacial score (nSPS) is 11.7. The van der Waals surface area contributed by atoms with E-state index in [1.165, 1.54) is 6.07 Å². The highest BCUT2D eigenvalue weighted by molar-refractivity contribution is 7.86. The van der Waals surface area contributed by atoms with E-state index < -0.39 is 10.1 Å². The number of aryl methyl sites for hydroxylation is 2. The summed E-state index contributed by atoms with van der Waals surface area (Å²) in [6, 6.07) is 4.82. The van der Waals surface area contributed by atoms with Gasteiger partial charge >= 0.3 is 0 Å². The Hall–Kier alpha value is -0.910. The molecule has 5 heteroatoms. The van der Waals surface area contributed by atoms with Crippen LogP contribution in [0.15, 0.2) is 23.1 Å². The largest absolute Gasteiger partial charge is 0.296 e. The van der Waals surface area contributed by atoms with Crippen molar-refractivity contribution in [2.24, 2.45) is 0 Å². The highest BCUT2D eigenvalue weighted by atomic mass is 32.2. The Kier molecular flexibility index (Phi) is 4.46. The van der Waals surface area contributed by atoms with E-state index in [-0.39, 0.29) is 24.5 Å². The molecule has 0 saturated carbocycles. The molecule has 1 aromatic rings. The van der Waals surface area contributed by atoms with Crippen LogP contribution in [0.25, 0.3) is 0 Å². The molecule has 1 rings (SSSR count). The second kappa shape index (κ2) is 5.43. The van der Waals surface area contributed by atoms with Crippen molar-refractivity contribution in [1.29, 1.82) is 0 Å². The lowest BCUT2D eigenvalue weighted by molar-refractivity contribution is 0.167. The molecule has 0 heterocycles. The number of hydrogen-bond donors (Lipinski definition) is 0. The van der Waals surface area contributed by atoms with Crippen molar-refractivity contribution in [3.63, 3.8) is 0 Å². The van der Waals surface area contributed by atoms with Gasteiger partial charge in [0.1, 0.15) is 0 Å². The van der Waals surface area contributed by atoms with Crippen LogP contribution in [0, 0.1) is 13.8 Å². The zero-order valence-electron chi connectivity index (χ0n) is 9.39. The summed E-state index contributed by atoms with van der Waals surface area (Å²) in [5.74, 6) is 0. The number of benzene rings is 1. The second-order valence-corrected chi connectivity index (χ2v) is 5.20. The smallest absolute Gasteiger partial charge is 0.266 e. The van der Waals surface area contributed by atoms with E-state index in [0.29, 0.717) is 0 Å². The van der Waals surface area contributed by atoms with E-state index in [1.807, 2.05) is 13.8 Å². The van der Waals surface area contributed by atoms with Gasteiger partial charge in [0.25, 0.3) is 10.1 Å². The highest BCUT2D eigenvalue weighted by Gasteiger charge is 2.15. The van der Waals surface area contributed by atoms with Crippen molar-refractivity contribution in [2.45, 2.75) is 25.2 Å². The Bertz CT molecular complexity index is 451. The maximum absolute atomic E-state index is 11.6. The van der Waals surface area contributed by atoms with Crippen molar-refractivity contribution < 1.29 is 17.7 Å². The maximum atomic E-state index is 11.6. The van der Waals surface area contributed by atoms with E-state index in [4.69, 9.17) is 4.18 Å². The molecule has 0 N–H and O–H groups in total. The van der Waals surface area contributed by atoms with Crippen molar-refractivity contribution in [3.8, 4) is 0 Å². The van der Waals surface area contributed by atoms with Gasteiger partial charge < -0.3 is 0 Å². The van der Waals surface area contributed by atoms with E-state index in [1.54, 1.807) is 12.1 Å².